The molecule has 0 spiro atoms. The first-order chi connectivity index (χ1) is 11.7. The second-order valence-corrected chi connectivity index (χ2v) is 6.02. The van der Waals surface area contributed by atoms with Crippen molar-refractivity contribution in [2.75, 3.05) is 0 Å². The molecule has 0 unspecified atom stereocenters. The molecular weight excluding hydrogens is 375 g/mol. The molecule has 0 aliphatic rings. The van der Waals surface area contributed by atoms with Crippen molar-refractivity contribution in [1.29, 1.82) is 0 Å². The number of benzene rings is 1. The third kappa shape index (κ3) is 3.03. The molecule has 0 aliphatic heterocycles. The highest BCUT2D eigenvalue weighted by atomic mass is 79.9. The maximum atomic E-state index is 12.9. The van der Waals surface area contributed by atoms with E-state index in [9.17, 15) is 4.39 Å². The molecule has 4 rings (SSSR count). The Labute approximate surface area is 144 Å². The van der Waals surface area contributed by atoms with Gasteiger partial charge in [0.25, 0.3) is 0 Å². The summed E-state index contributed by atoms with van der Waals surface area (Å²) in [6.45, 7) is 0. The summed E-state index contributed by atoms with van der Waals surface area (Å²) < 4.78 is 18.9. The van der Waals surface area contributed by atoms with Gasteiger partial charge in [-0.05, 0) is 51.8 Å². The van der Waals surface area contributed by atoms with Crippen molar-refractivity contribution in [2.24, 2.45) is 0 Å². The Balaban J connectivity index is 1.63. The molecule has 118 valence electrons. The van der Waals surface area contributed by atoms with Crippen LogP contribution >= 0.6 is 15.9 Å². The molecule has 0 bridgehead atoms. The van der Waals surface area contributed by atoms with Gasteiger partial charge in [-0.2, -0.15) is 4.98 Å². The molecule has 0 saturated heterocycles. The number of fused-ring (bicyclic) bond motifs is 1. The maximum Gasteiger partial charge on any atom is 0.231 e. The third-order valence-corrected chi connectivity index (χ3v) is 3.95. The summed E-state index contributed by atoms with van der Waals surface area (Å²) >= 11 is 3.35. The normalized spacial score (nSPS) is 11.1. The van der Waals surface area contributed by atoms with Gasteiger partial charge in [0, 0.05) is 11.6 Å². The minimum Gasteiger partial charge on any atom is -0.339 e. The molecule has 0 amide bonds. The van der Waals surface area contributed by atoms with Crippen LogP contribution in [0.25, 0.3) is 22.4 Å². The molecular formula is C17H10BrFN4O. The van der Waals surface area contributed by atoms with E-state index in [0.29, 0.717) is 23.8 Å². The average molecular weight is 385 g/mol. The molecule has 0 radical (unpaired) electrons. The number of aromatic nitrogens is 4. The fourth-order valence-electron chi connectivity index (χ4n) is 2.32. The van der Waals surface area contributed by atoms with Gasteiger partial charge in [-0.3, -0.25) is 4.98 Å². The van der Waals surface area contributed by atoms with Gasteiger partial charge in [0.1, 0.15) is 16.1 Å². The lowest BCUT2D eigenvalue weighted by Crippen LogP contribution is -1.91. The van der Waals surface area contributed by atoms with E-state index >= 15 is 0 Å². The van der Waals surface area contributed by atoms with Crippen LogP contribution in [0.15, 0.2) is 57.8 Å². The van der Waals surface area contributed by atoms with Crippen LogP contribution in [0.5, 0.6) is 0 Å². The van der Waals surface area contributed by atoms with E-state index in [1.54, 1.807) is 18.3 Å². The summed E-state index contributed by atoms with van der Waals surface area (Å²) in [6, 6.07) is 11.8. The van der Waals surface area contributed by atoms with Crippen LogP contribution in [0.2, 0.25) is 0 Å². The number of hydrogen-bond donors (Lipinski definition) is 0. The monoisotopic (exact) mass is 384 g/mol. The van der Waals surface area contributed by atoms with Crippen molar-refractivity contribution < 1.29 is 8.91 Å². The van der Waals surface area contributed by atoms with Crippen LogP contribution in [0.3, 0.4) is 0 Å². The van der Waals surface area contributed by atoms with Gasteiger partial charge in [0.05, 0.1) is 11.9 Å². The first kappa shape index (κ1) is 14.9. The molecule has 0 fully saturated rings. The summed E-state index contributed by atoms with van der Waals surface area (Å²) in [6.07, 6.45) is 2.16. The van der Waals surface area contributed by atoms with Crippen molar-refractivity contribution in [3.63, 3.8) is 0 Å². The largest absolute Gasteiger partial charge is 0.339 e. The molecule has 24 heavy (non-hydrogen) atoms. The Hall–Kier alpha value is -2.67. The van der Waals surface area contributed by atoms with Crippen LogP contribution in [0.4, 0.5) is 4.39 Å². The first-order valence-corrected chi connectivity index (χ1v) is 7.96. The van der Waals surface area contributed by atoms with Crippen LogP contribution in [0, 0.1) is 5.82 Å². The maximum absolute atomic E-state index is 12.9. The molecule has 0 saturated carbocycles. The Morgan fingerprint density at radius 3 is 2.71 bits per heavy atom. The van der Waals surface area contributed by atoms with Crippen LogP contribution in [0.1, 0.15) is 11.5 Å². The molecule has 3 aromatic heterocycles. The van der Waals surface area contributed by atoms with Crippen molar-refractivity contribution in [1.82, 2.24) is 20.1 Å². The highest BCUT2D eigenvalue weighted by Crippen LogP contribution is 2.21. The van der Waals surface area contributed by atoms with E-state index < -0.39 is 0 Å². The van der Waals surface area contributed by atoms with Gasteiger partial charge >= 0.3 is 0 Å². The zero-order valence-corrected chi connectivity index (χ0v) is 13.9. The molecule has 4 aromatic rings. The predicted molar refractivity (Wildman–Crippen MR) is 89.7 cm³/mol. The lowest BCUT2D eigenvalue weighted by molar-refractivity contribution is 0.385. The SMILES string of the molecule is Fc1ccc(Cc2nc(-c3cc4nc(Br)ccc4cn3)no2)cc1. The number of pyridine rings is 2. The molecule has 3 heterocycles. The predicted octanol–water partition coefficient (Wildman–Crippen LogP) is 4.17. The summed E-state index contributed by atoms with van der Waals surface area (Å²) in [5.74, 6) is 0.570. The van der Waals surface area contributed by atoms with Gasteiger partial charge in [-0.15, -0.1) is 0 Å². The molecule has 1 aromatic carbocycles. The van der Waals surface area contributed by atoms with Gasteiger partial charge in [0.2, 0.25) is 11.7 Å². The second-order valence-electron chi connectivity index (χ2n) is 5.21. The Kier molecular flexibility index (Phi) is 3.78. The summed E-state index contributed by atoms with van der Waals surface area (Å²) in [7, 11) is 0. The smallest absolute Gasteiger partial charge is 0.231 e. The molecule has 5 nitrogen and oxygen atoms in total. The van der Waals surface area contributed by atoms with Gasteiger partial charge in [0.15, 0.2) is 0 Å². The molecule has 7 heteroatoms. The highest BCUT2D eigenvalue weighted by Gasteiger charge is 2.11. The van der Waals surface area contributed by atoms with Crippen LogP contribution in [-0.4, -0.2) is 20.1 Å². The highest BCUT2D eigenvalue weighted by molar-refractivity contribution is 9.10. The van der Waals surface area contributed by atoms with Crippen molar-refractivity contribution in [2.45, 2.75) is 6.42 Å². The van der Waals surface area contributed by atoms with E-state index in [1.807, 2.05) is 18.2 Å². The standard InChI is InChI=1S/C17H10BrFN4O/c18-15-6-3-11-9-20-14(8-13(11)21-15)17-22-16(24-23-17)7-10-1-4-12(19)5-2-10/h1-6,8-9H,7H2. The minimum absolute atomic E-state index is 0.274. The fraction of sp³-hybridized carbons (Fsp3) is 0.0588. The zero-order valence-electron chi connectivity index (χ0n) is 12.3. The van der Waals surface area contributed by atoms with Gasteiger partial charge in [-0.25, -0.2) is 9.37 Å². The molecule has 0 atom stereocenters. The number of hydrogen-bond acceptors (Lipinski definition) is 5. The van der Waals surface area contributed by atoms with Gasteiger partial charge < -0.3 is 4.52 Å². The fourth-order valence-corrected chi connectivity index (χ4v) is 2.64. The summed E-state index contributed by atoms with van der Waals surface area (Å²) in [4.78, 5) is 13.1. The Morgan fingerprint density at radius 1 is 1.04 bits per heavy atom. The van der Waals surface area contributed by atoms with Crippen LogP contribution in [-0.2, 0) is 6.42 Å². The Bertz CT molecular complexity index is 1020. The average Bonchev–Trinajstić information content (AvgIpc) is 3.05. The Morgan fingerprint density at radius 2 is 1.88 bits per heavy atom. The molecule has 0 aliphatic carbocycles. The van der Waals surface area contributed by atoms with Gasteiger partial charge in [-0.1, -0.05) is 17.3 Å². The topological polar surface area (TPSA) is 64.7 Å². The number of halogens is 2. The van der Waals surface area contributed by atoms with Crippen molar-refractivity contribution in [3.05, 3.63) is 70.5 Å². The number of nitrogens with zero attached hydrogens (tertiary/aromatic N) is 4. The summed E-state index contributed by atoms with van der Waals surface area (Å²) in [5.41, 5.74) is 2.27. The van der Waals surface area contributed by atoms with Crippen molar-refractivity contribution in [3.8, 4) is 11.5 Å². The summed E-state index contributed by atoms with van der Waals surface area (Å²) in [5, 5.41) is 4.89. The molecule has 0 N–H and O–H groups in total. The van der Waals surface area contributed by atoms with E-state index in [4.69, 9.17) is 4.52 Å². The number of rotatable bonds is 3. The quantitative estimate of drug-likeness (QED) is 0.496. The lowest BCUT2D eigenvalue weighted by Gasteiger charge is -1.99. The lowest BCUT2D eigenvalue weighted by atomic mass is 10.1. The first-order valence-electron chi connectivity index (χ1n) is 7.17. The second kappa shape index (κ2) is 6.09. The van der Waals surface area contributed by atoms with E-state index in [2.05, 4.69) is 36.0 Å². The van der Waals surface area contributed by atoms with Crippen LogP contribution < -0.4 is 0 Å². The third-order valence-electron chi connectivity index (χ3n) is 3.51. The minimum atomic E-state index is -0.274. The van der Waals surface area contributed by atoms with E-state index in [0.717, 1.165) is 21.1 Å². The van der Waals surface area contributed by atoms with E-state index in [-0.39, 0.29) is 5.82 Å². The zero-order chi connectivity index (χ0) is 16.5. The van der Waals surface area contributed by atoms with E-state index in [1.165, 1.54) is 12.1 Å². The van der Waals surface area contributed by atoms with Crippen molar-refractivity contribution >= 4 is 26.8 Å².